The Labute approximate surface area is 117 Å². The van der Waals surface area contributed by atoms with Crippen LogP contribution in [-0.4, -0.2) is 34.4 Å². The molecule has 19 heavy (non-hydrogen) atoms. The van der Waals surface area contributed by atoms with Gasteiger partial charge >= 0.3 is 0 Å². The zero-order valence-corrected chi connectivity index (χ0v) is 12.1. The van der Waals surface area contributed by atoms with Gasteiger partial charge in [0.1, 0.15) is 11.3 Å². The van der Waals surface area contributed by atoms with E-state index in [0.29, 0.717) is 24.9 Å². The summed E-state index contributed by atoms with van der Waals surface area (Å²) in [7, 11) is 1.60. The molecule has 0 spiro atoms. The Morgan fingerprint density at radius 3 is 2.79 bits per heavy atom. The number of alkyl halides is 1. The lowest BCUT2D eigenvalue weighted by Gasteiger charge is -2.14. The first-order valence-electron chi connectivity index (χ1n) is 6.27. The average molecular weight is 284 g/mol. The van der Waals surface area contributed by atoms with Crippen molar-refractivity contribution >= 4 is 22.8 Å². The summed E-state index contributed by atoms with van der Waals surface area (Å²) in [4.78, 5) is 8.92. The van der Waals surface area contributed by atoms with Crippen molar-refractivity contribution in [2.24, 2.45) is 0 Å². The number of pyridine rings is 1. The minimum absolute atomic E-state index is 0.0809. The lowest BCUT2D eigenvalue weighted by atomic mass is 10.3. The van der Waals surface area contributed by atoms with Crippen molar-refractivity contribution in [1.29, 1.82) is 0 Å². The van der Waals surface area contributed by atoms with E-state index in [1.165, 1.54) is 0 Å². The van der Waals surface area contributed by atoms with Crippen LogP contribution in [0.3, 0.4) is 0 Å². The highest BCUT2D eigenvalue weighted by molar-refractivity contribution is 6.16. The summed E-state index contributed by atoms with van der Waals surface area (Å²) in [6.07, 6.45) is 0.0809. The number of rotatable bonds is 6. The van der Waals surface area contributed by atoms with Gasteiger partial charge in [-0.25, -0.2) is 4.98 Å². The molecule has 0 saturated carbocycles. The highest BCUT2D eigenvalue weighted by Gasteiger charge is 2.14. The number of imidazole rings is 1. The van der Waals surface area contributed by atoms with Crippen LogP contribution in [0, 0.1) is 0 Å². The Kier molecular flexibility index (Phi) is 4.61. The Morgan fingerprint density at radius 2 is 2.16 bits per heavy atom. The third kappa shape index (κ3) is 2.98. The fourth-order valence-corrected chi connectivity index (χ4v) is 2.24. The smallest absolute Gasteiger partial charge is 0.215 e. The standard InChI is InChI=1S/C13H18ClN3O2/c1-4-19-9(2)8-17-11(7-14)15-10-5-6-12(18-3)16-13(10)17/h5-6,9H,4,7-8H2,1-3H3. The van der Waals surface area contributed by atoms with Crippen molar-refractivity contribution in [1.82, 2.24) is 14.5 Å². The summed E-state index contributed by atoms with van der Waals surface area (Å²) in [6.45, 7) is 5.35. The molecule has 1 unspecified atom stereocenters. The molecule has 2 rings (SSSR count). The molecule has 2 aromatic heterocycles. The van der Waals surface area contributed by atoms with E-state index in [1.807, 2.05) is 24.5 Å². The molecule has 0 N–H and O–H groups in total. The lowest BCUT2D eigenvalue weighted by Crippen LogP contribution is -2.18. The molecular formula is C13H18ClN3O2. The normalized spacial score (nSPS) is 12.8. The van der Waals surface area contributed by atoms with Crippen LogP contribution >= 0.6 is 11.6 Å². The Morgan fingerprint density at radius 1 is 1.37 bits per heavy atom. The zero-order chi connectivity index (χ0) is 13.8. The van der Waals surface area contributed by atoms with E-state index in [9.17, 15) is 0 Å². The van der Waals surface area contributed by atoms with Gasteiger partial charge in [0.2, 0.25) is 5.88 Å². The van der Waals surface area contributed by atoms with Crippen molar-refractivity contribution in [3.8, 4) is 5.88 Å². The van der Waals surface area contributed by atoms with Crippen LogP contribution in [0.2, 0.25) is 0 Å². The molecular weight excluding hydrogens is 266 g/mol. The van der Waals surface area contributed by atoms with E-state index in [4.69, 9.17) is 21.1 Å². The molecule has 0 bridgehead atoms. The second-order valence-electron chi connectivity index (χ2n) is 4.23. The molecule has 104 valence electrons. The summed E-state index contributed by atoms with van der Waals surface area (Å²) in [5, 5.41) is 0. The van der Waals surface area contributed by atoms with E-state index < -0.39 is 0 Å². The predicted octanol–water partition coefficient (Wildman–Crippen LogP) is 2.60. The maximum Gasteiger partial charge on any atom is 0.215 e. The third-order valence-corrected chi connectivity index (χ3v) is 3.10. The average Bonchev–Trinajstić information content (AvgIpc) is 2.76. The van der Waals surface area contributed by atoms with E-state index in [2.05, 4.69) is 9.97 Å². The van der Waals surface area contributed by atoms with Gasteiger partial charge in [0.25, 0.3) is 0 Å². The van der Waals surface area contributed by atoms with Crippen LogP contribution in [0.5, 0.6) is 5.88 Å². The van der Waals surface area contributed by atoms with Gasteiger partial charge in [0, 0.05) is 12.7 Å². The van der Waals surface area contributed by atoms with Crippen LogP contribution in [0.4, 0.5) is 0 Å². The maximum absolute atomic E-state index is 5.95. The van der Waals surface area contributed by atoms with Crippen LogP contribution in [0.1, 0.15) is 19.7 Å². The van der Waals surface area contributed by atoms with E-state index in [-0.39, 0.29) is 6.10 Å². The Bertz CT molecular complexity index is 556. The van der Waals surface area contributed by atoms with Crippen LogP contribution < -0.4 is 4.74 Å². The minimum Gasteiger partial charge on any atom is -0.481 e. The highest BCUT2D eigenvalue weighted by atomic mass is 35.5. The fourth-order valence-electron chi connectivity index (χ4n) is 2.03. The van der Waals surface area contributed by atoms with Gasteiger partial charge in [-0.3, -0.25) is 0 Å². The molecule has 0 radical (unpaired) electrons. The van der Waals surface area contributed by atoms with Gasteiger partial charge in [0.05, 0.1) is 25.6 Å². The van der Waals surface area contributed by atoms with Gasteiger partial charge < -0.3 is 14.0 Å². The summed E-state index contributed by atoms with van der Waals surface area (Å²) < 4.78 is 12.7. The Hall–Kier alpha value is -1.33. The van der Waals surface area contributed by atoms with Crippen molar-refractivity contribution in [2.75, 3.05) is 13.7 Å². The highest BCUT2D eigenvalue weighted by Crippen LogP contribution is 2.20. The molecule has 1 atom stereocenters. The van der Waals surface area contributed by atoms with Crippen molar-refractivity contribution < 1.29 is 9.47 Å². The fraction of sp³-hybridized carbons (Fsp3) is 0.538. The molecule has 0 saturated heterocycles. The number of hydrogen-bond acceptors (Lipinski definition) is 4. The second kappa shape index (κ2) is 6.21. The van der Waals surface area contributed by atoms with E-state index >= 15 is 0 Å². The number of ether oxygens (including phenoxy) is 2. The summed E-state index contributed by atoms with van der Waals surface area (Å²) >= 11 is 5.95. The second-order valence-corrected chi connectivity index (χ2v) is 4.50. The molecule has 0 amide bonds. The first-order chi connectivity index (χ1) is 9.19. The first kappa shape index (κ1) is 14.1. The molecule has 2 heterocycles. The summed E-state index contributed by atoms with van der Waals surface area (Å²) in [5.41, 5.74) is 1.60. The molecule has 0 aliphatic rings. The third-order valence-electron chi connectivity index (χ3n) is 2.87. The Balaban J connectivity index is 2.42. The van der Waals surface area contributed by atoms with Gasteiger partial charge in [-0.1, -0.05) is 0 Å². The largest absolute Gasteiger partial charge is 0.481 e. The number of aromatic nitrogens is 3. The van der Waals surface area contributed by atoms with E-state index in [0.717, 1.165) is 17.0 Å². The number of halogens is 1. The SMILES string of the molecule is CCOC(C)Cn1c(CCl)nc2ccc(OC)nc21. The van der Waals surface area contributed by atoms with Crippen molar-refractivity contribution in [3.63, 3.8) is 0 Å². The molecule has 0 fully saturated rings. The van der Waals surface area contributed by atoms with E-state index in [1.54, 1.807) is 13.2 Å². The molecule has 0 aliphatic heterocycles. The van der Waals surface area contributed by atoms with Crippen LogP contribution in [0.15, 0.2) is 12.1 Å². The van der Waals surface area contributed by atoms with Crippen molar-refractivity contribution in [2.45, 2.75) is 32.4 Å². The summed E-state index contributed by atoms with van der Waals surface area (Å²) in [5.74, 6) is 1.71. The number of methoxy groups -OCH3 is 1. The van der Waals surface area contributed by atoms with Gasteiger partial charge in [-0.2, -0.15) is 4.98 Å². The molecule has 5 nitrogen and oxygen atoms in total. The molecule has 2 aromatic rings. The van der Waals surface area contributed by atoms with Gasteiger partial charge in [0.15, 0.2) is 5.65 Å². The summed E-state index contributed by atoms with van der Waals surface area (Å²) in [6, 6.07) is 3.68. The number of hydrogen-bond donors (Lipinski definition) is 0. The maximum atomic E-state index is 5.95. The topological polar surface area (TPSA) is 49.2 Å². The minimum atomic E-state index is 0.0809. The predicted molar refractivity (Wildman–Crippen MR) is 74.7 cm³/mol. The molecule has 6 heteroatoms. The van der Waals surface area contributed by atoms with Gasteiger partial charge in [-0.15, -0.1) is 11.6 Å². The quantitative estimate of drug-likeness (QED) is 0.765. The number of nitrogens with zero attached hydrogens (tertiary/aromatic N) is 3. The number of fused-ring (bicyclic) bond motifs is 1. The van der Waals surface area contributed by atoms with Crippen LogP contribution in [-0.2, 0) is 17.2 Å². The van der Waals surface area contributed by atoms with Gasteiger partial charge in [-0.05, 0) is 19.9 Å². The first-order valence-corrected chi connectivity index (χ1v) is 6.80. The molecule has 0 aliphatic carbocycles. The lowest BCUT2D eigenvalue weighted by molar-refractivity contribution is 0.0642. The van der Waals surface area contributed by atoms with Crippen molar-refractivity contribution in [3.05, 3.63) is 18.0 Å². The zero-order valence-electron chi connectivity index (χ0n) is 11.4. The monoisotopic (exact) mass is 283 g/mol. The van der Waals surface area contributed by atoms with Crippen LogP contribution in [0.25, 0.3) is 11.2 Å². The molecule has 0 aromatic carbocycles.